The van der Waals surface area contributed by atoms with Gasteiger partial charge in [0.15, 0.2) is 0 Å². The topological polar surface area (TPSA) is 17.1 Å². The molecule has 0 amide bonds. The molecule has 1 nitrogen and oxygen atoms in total. The number of hydrogen-bond acceptors (Lipinski definition) is 1. The van der Waals surface area contributed by atoms with Gasteiger partial charge in [0.25, 0.3) is 0 Å². The molecule has 0 aliphatic rings. The monoisotopic (exact) mass is 227 g/mol. The Morgan fingerprint density at radius 3 is 2.58 bits per heavy atom. The molecule has 0 spiro atoms. The molecule has 0 heterocycles. The number of rotatable bonds is 2. The fraction of sp³-hybridized carbons (Fsp3) is 0.300. The van der Waals surface area contributed by atoms with Gasteiger partial charge in [-0.05, 0) is 0 Å². The predicted molar refractivity (Wildman–Crippen MR) is 50.4 cm³/mol. The van der Waals surface area contributed by atoms with Crippen molar-refractivity contribution < 1.29 is 4.79 Å². The first-order valence-corrected chi connectivity index (χ1v) is 4.71. The SMILES string of the molecule is Cc1ccc(CC(=O)[Se])c(C)c1. The van der Waals surface area contributed by atoms with Crippen molar-refractivity contribution in [2.24, 2.45) is 0 Å². The van der Waals surface area contributed by atoms with E-state index in [0.29, 0.717) is 6.42 Å². The fourth-order valence-corrected chi connectivity index (χ4v) is 1.53. The summed E-state index contributed by atoms with van der Waals surface area (Å²) >= 11 is 2.49. The van der Waals surface area contributed by atoms with Crippen LogP contribution < -0.4 is 0 Å². The second-order valence-electron chi connectivity index (χ2n) is 2.98. The molecule has 1 rings (SSSR count). The Morgan fingerprint density at radius 2 is 2.08 bits per heavy atom. The molecule has 1 radical (unpaired) electrons. The Bertz CT molecular complexity index is 305. The van der Waals surface area contributed by atoms with Gasteiger partial charge in [-0.25, -0.2) is 0 Å². The van der Waals surface area contributed by atoms with Crippen molar-refractivity contribution in [1.29, 1.82) is 0 Å². The van der Waals surface area contributed by atoms with E-state index in [-0.39, 0.29) is 4.68 Å². The summed E-state index contributed by atoms with van der Waals surface area (Å²) < 4.78 is 0.0990. The van der Waals surface area contributed by atoms with Crippen LogP contribution in [0.3, 0.4) is 0 Å². The molecule has 1 aromatic carbocycles. The van der Waals surface area contributed by atoms with Crippen LogP contribution in [0, 0.1) is 13.8 Å². The zero-order valence-electron chi connectivity index (χ0n) is 7.26. The van der Waals surface area contributed by atoms with E-state index in [0.717, 1.165) is 5.56 Å². The van der Waals surface area contributed by atoms with E-state index in [1.165, 1.54) is 11.1 Å². The molecular formula is C10H11OSe. The molecule has 1 aromatic rings. The van der Waals surface area contributed by atoms with Gasteiger partial charge < -0.3 is 0 Å². The molecular weight excluding hydrogens is 215 g/mol. The van der Waals surface area contributed by atoms with Gasteiger partial charge in [-0.15, -0.1) is 0 Å². The molecule has 0 aromatic heterocycles. The van der Waals surface area contributed by atoms with Gasteiger partial charge in [-0.1, -0.05) is 0 Å². The summed E-state index contributed by atoms with van der Waals surface area (Å²) in [6.07, 6.45) is 0.506. The van der Waals surface area contributed by atoms with Gasteiger partial charge in [0, 0.05) is 0 Å². The van der Waals surface area contributed by atoms with E-state index in [9.17, 15) is 4.79 Å². The Morgan fingerprint density at radius 1 is 1.42 bits per heavy atom. The minimum atomic E-state index is 0.0990. The van der Waals surface area contributed by atoms with Gasteiger partial charge >= 0.3 is 80.6 Å². The molecule has 0 fully saturated rings. The number of hydrogen-bond donors (Lipinski definition) is 0. The van der Waals surface area contributed by atoms with Crippen LogP contribution >= 0.6 is 0 Å². The molecule has 0 unspecified atom stereocenters. The zero-order chi connectivity index (χ0) is 9.14. The average Bonchev–Trinajstić information content (AvgIpc) is 1.94. The van der Waals surface area contributed by atoms with E-state index < -0.39 is 0 Å². The van der Waals surface area contributed by atoms with Crippen LogP contribution in [0.5, 0.6) is 0 Å². The fourth-order valence-electron chi connectivity index (χ4n) is 1.20. The van der Waals surface area contributed by atoms with Crippen LogP contribution in [0.1, 0.15) is 16.7 Å². The molecule has 0 bridgehead atoms. The van der Waals surface area contributed by atoms with E-state index in [1.807, 2.05) is 19.1 Å². The summed E-state index contributed by atoms with van der Waals surface area (Å²) in [6.45, 7) is 4.09. The van der Waals surface area contributed by atoms with Crippen LogP contribution in [-0.2, 0) is 11.2 Å². The molecule has 0 N–H and O–H groups in total. The van der Waals surface area contributed by atoms with Crippen LogP contribution in [0.2, 0.25) is 0 Å². The third kappa shape index (κ3) is 2.47. The van der Waals surface area contributed by atoms with Gasteiger partial charge in [0.2, 0.25) is 0 Å². The molecule has 0 atom stereocenters. The summed E-state index contributed by atoms with van der Waals surface area (Å²) in [5.41, 5.74) is 3.55. The first-order chi connectivity index (χ1) is 5.59. The minimum absolute atomic E-state index is 0.0990. The Labute approximate surface area is 81.0 Å². The van der Waals surface area contributed by atoms with E-state index >= 15 is 0 Å². The van der Waals surface area contributed by atoms with Crippen LogP contribution in [0.25, 0.3) is 0 Å². The second-order valence-corrected chi connectivity index (χ2v) is 3.93. The summed E-state index contributed by atoms with van der Waals surface area (Å²) in [7, 11) is 0. The Kier molecular flexibility index (Phi) is 3.07. The van der Waals surface area contributed by atoms with Gasteiger partial charge in [-0.3, -0.25) is 0 Å². The van der Waals surface area contributed by atoms with Crippen molar-refractivity contribution in [3.05, 3.63) is 34.9 Å². The van der Waals surface area contributed by atoms with Gasteiger partial charge in [-0.2, -0.15) is 0 Å². The molecule has 63 valence electrons. The summed E-state index contributed by atoms with van der Waals surface area (Å²) in [6, 6.07) is 6.14. The maximum atomic E-state index is 10.8. The zero-order valence-corrected chi connectivity index (χ0v) is 8.97. The second kappa shape index (κ2) is 3.88. The summed E-state index contributed by atoms with van der Waals surface area (Å²) in [4.78, 5) is 10.8. The van der Waals surface area contributed by atoms with E-state index in [1.54, 1.807) is 0 Å². The summed E-state index contributed by atoms with van der Waals surface area (Å²) in [5.74, 6) is 0. The molecule has 0 saturated heterocycles. The molecule has 2 heteroatoms. The van der Waals surface area contributed by atoms with E-state index in [4.69, 9.17) is 0 Å². The van der Waals surface area contributed by atoms with Crippen LogP contribution in [0.15, 0.2) is 18.2 Å². The van der Waals surface area contributed by atoms with Crippen molar-refractivity contribution in [2.75, 3.05) is 0 Å². The maximum absolute atomic E-state index is 10.8. The number of aryl methyl sites for hydroxylation is 2. The van der Waals surface area contributed by atoms with Gasteiger partial charge in [0.05, 0.1) is 0 Å². The quantitative estimate of drug-likeness (QED) is 0.699. The molecule has 0 aliphatic heterocycles. The normalized spacial score (nSPS) is 9.83. The predicted octanol–water partition coefficient (Wildman–Crippen LogP) is 1.54. The molecule has 0 saturated carbocycles. The van der Waals surface area contributed by atoms with Crippen molar-refractivity contribution in [3.63, 3.8) is 0 Å². The first kappa shape index (κ1) is 9.50. The average molecular weight is 226 g/mol. The number of carbonyl (C=O) groups excluding carboxylic acids is 1. The third-order valence-corrected chi connectivity index (χ3v) is 2.14. The first-order valence-electron chi connectivity index (χ1n) is 3.85. The number of carbonyl (C=O) groups is 1. The van der Waals surface area contributed by atoms with Crippen molar-refractivity contribution >= 4 is 20.7 Å². The standard InChI is InChI=1S/C10H11OSe/c1-7-3-4-9(6-10(11)12)8(2)5-7/h3-5H,6H2,1-2H3. The van der Waals surface area contributed by atoms with Gasteiger partial charge in [0.1, 0.15) is 0 Å². The molecule has 0 aliphatic carbocycles. The van der Waals surface area contributed by atoms with Crippen molar-refractivity contribution in [1.82, 2.24) is 0 Å². The third-order valence-electron chi connectivity index (χ3n) is 1.83. The Balaban J connectivity index is 2.93. The summed E-state index contributed by atoms with van der Waals surface area (Å²) in [5, 5.41) is 0. The Hall–Kier alpha value is -0.591. The van der Waals surface area contributed by atoms with Crippen molar-refractivity contribution in [3.8, 4) is 0 Å². The number of benzene rings is 1. The van der Waals surface area contributed by atoms with Crippen LogP contribution in [0.4, 0.5) is 0 Å². The van der Waals surface area contributed by atoms with E-state index in [2.05, 4.69) is 29.0 Å². The van der Waals surface area contributed by atoms with Crippen LogP contribution in [-0.4, -0.2) is 20.7 Å². The van der Waals surface area contributed by atoms with Crippen molar-refractivity contribution in [2.45, 2.75) is 20.3 Å². The molecule has 12 heavy (non-hydrogen) atoms.